The third kappa shape index (κ3) is 6.42. The predicted molar refractivity (Wildman–Crippen MR) is 146 cm³/mol. The lowest BCUT2D eigenvalue weighted by Gasteiger charge is -2.42. The Morgan fingerprint density at radius 2 is 1.82 bits per heavy atom. The second-order valence-corrected chi connectivity index (χ2v) is 10.7. The van der Waals surface area contributed by atoms with Crippen LogP contribution in [0.2, 0.25) is 0 Å². The zero-order chi connectivity index (χ0) is 27.4. The molecule has 2 aromatic rings. The van der Waals surface area contributed by atoms with E-state index in [9.17, 15) is 14.4 Å². The van der Waals surface area contributed by atoms with Gasteiger partial charge in [0.05, 0.1) is 30.2 Å². The minimum absolute atomic E-state index is 0.0557. The van der Waals surface area contributed by atoms with Crippen molar-refractivity contribution in [3.63, 3.8) is 0 Å². The van der Waals surface area contributed by atoms with Crippen LogP contribution in [0.4, 0.5) is 5.69 Å². The van der Waals surface area contributed by atoms with Gasteiger partial charge < -0.3 is 29.7 Å². The van der Waals surface area contributed by atoms with Crippen molar-refractivity contribution in [1.29, 1.82) is 0 Å². The minimum Gasteiger partial charge on any atom is -0.490 e. The summed E-state index contributed by atoms with van der Waals surface area (Å²) in [6.07, 6.45) is 2.42. The van der Waals surface area contributed by atoms with Crippen molar-refractivity contribution < 1.29 is 28.6 Å². The summed E-state index contributed by atoms with van der Waals surface area (Å²) in [5, 5.41) is 6.01. The summed E-state index contributed by atoms with van der Waals surface area (Å²) < 4.78 is 17.7. The second-order valence-electron chi connectivity index (χ2n) is 10.7. The Kier molecular flexibility index (Phi) is 8.47. The van der Waals surface area contributed by atoms with E-state index in [2.05, 4.69) is 10.6 Å². The summed E-state index contributed by atoms with van der Waals surface area (Å²) in [5.74, 6) is 0.0615. The van der Waals surface area contributed by atoms with E-state index in [0.717, 1.165) is 5.56 Å². The molecule has 2 aromatic carbocycles. The first-order valence-corrected chi connectivity index (χ1v) is 13.8. The van der Waals surface area contributed by atoms with Gasteiger partial charge in [0.2, 0.25) is 11.8 Å². The van der Waals surface area contributed by atoms with Gasteiger partial charge in [-0.1, -0.05) is 30.3 Å². The number of hydrogen-bond acceptors (Lipinski definition) is 6. The molecule has 0 spiro atoms. The van der Waals surface area contributed by atoms with Gasteiger partial charge in [0, 0.05) is 31.9 Å². The molecule has 0 unspecified atom stereocenters. The highest BCUT2D eigenvalue weighted by atomic mass is 16.5. The first-order chi connectivity index (χ1) is 18.9. The highest BCUT2D eigenvalue weighted by molar-refractivity contribution is 6.00. The Morgan fingerprint density at radius 1 is 1.05 bits per heavy atom. The average molecular weight is 536 g/mol. The van der Waals surface area contributed by atoms with Crippen molar-refractivity contribution in [2.45, 2.75) is 63.3 Å². The molecule has 2 fully saturated rings. The summed E-state index contributed by atoms with van der Waals surface area (Å²) >= 11 is 0. The lowest BCUT2D eigenvalue weighted by molar-refractivity contribution is -0.134. The van der Waals surface area contributed by atoms with Crippen molar-refractivity contribution in [3.05, 3.63) is 59.7 Å². The van der Waals surface area contributed by atoms with E-state index in [1.807, 2.05) is 37.3 Å². The molecular weight excluding hydrogens is 498 g/mol. The number of benzene rings is 2. The van der Waals surface area contributed by atoms with Gasteiger partial charge in [-0.05, 0) is 56.4 Å². The highest BCUT2D eigenvalue weighted by Crippen LogP contribution is 2.33. The standard InChI is InChI=1S/C30H37N3O6/c1-19(20-6-4-3-5-7-20)31-28(34)17-23-9-10-25-27(39-23)18-38-26-11-8-22(16-24(26)30(36)33(25)2)32-29(35)21-12-14-37-15-13-21/h3-8,11,16,19,21,23,25,27H,9-10,12-15,17-18H2,1-2H3,(H,31,34)(H,32,35)/t19-,23-,25+,27+/m1/s1. The lowest BCUT2D eigenvalue weighted by Crippen LogP contribution is -2.54. The van der Waals surface area contributed by atoms with E-state index < -0.39 is 0 Å². The molecule has 9 nitrogen and oxygen atoms in total. The molecule has 3 heterocycles. The third-order valence-corrected chi connectivity index (χ3v) is 7.96. The Bertz CT molecular complexity index is 1180. The molecule has 0 aromatic heterocycles. The van der Waals surface area contributed by atoms with Crippen LogP contribution in [-0.4, -0.2) is 67.7 Å². The average Bonchev–Trinajstić information content (AvgIpc) is 2.96. The van der Waals surface area contributed by atoms with Crippen molar-refractivity contribution in [2.24, 2.45) is 5.92 Å². The first kappa shape index (κ1) is 27.1. The molecule has 9 heteroatoms. The maximum atomic E-state index is 13.5. The fourth-order valence-corrected chi connectivity index (χ4v) is 5.64. The molecule has 4 atom stereocenters. The van der Waals surface area contributed by atoms with Gasteiger partial charge in [-0.2, -0.15) is 0 Å². The monoisotopic (exact) mass is 535 g/mol. The predicted octanol–water partition coefficient (Wildman–Crippen LogP) is 3.70. The van der Waals surface area contributed by atoms with E-state index in [-0.39, 0.29) is 61.0 Å². The largest absolute Gasteiger partial charge is 0.490 e. The number of fused-ring (bicyclic) bond motifs is 2. The van der Waals surface area contributed by atoms with Crippen LogP contribution in [0.3, 0.4) is 0 Å². The van der Waals surface area contributed by atoms with E-state index in [4.69, 9.17) is 14.2 Å². The van der Waals surface area contributed by atoms with Gasteiger partial charge in [-0.25, -0.2) is 0 Å². The fourth-order valence-electron chi connectivity index (χ4n) is 5.64. The van der Waals surface area contributed by atoms with Gasteiger partial charge in [0.15, 0.2) is 0 Å². The zero-order valence-electron chi connectivity index (χ0n) is 22.6. The molecule has 2 N–H and O–H groups in total. The van der Waals surface area contributed by atoms with Crippen molar-refractivity contribution in [3.8, 4) is 5.75 Å². The van der Waals surface area contributed by atoms with Crippen LogP contribution in [0.5, 0.6) is 5.75 Å². The SMILES string of the molecule is C[C@@H](NC(=O)C[C@H]1CC[C@H]2[C@H](COc3ccc(NC(=O)C4CCOCC4)cc3C(=O)N2C)O1)c1ccccc1. The summed E-state index contributed by atoms with van der Waals surface area (Å²) in [7, 11) is 1.78. The van der Waals surface area contributed by atoms with Crippen LogP contribution < -0.4 is 15.4 Å². The number of carbonyl (C=O) groups is 3. The molecule has 5 rings (SSSR count). The highest BCUT2D eigenvalue weighted by Gasteiger charge is 2.39. The summed E-state index contributed by atoms with van der Waals surface area (Å²) in [6, 6.07) is 14.8. The quantitative estimate of drug-likeness (QED) is 0.584. The number of likely N-dealkylation sites (N-methyl/N-ethyl adjacent to an activating group) is 1. The molecule has 0 aliphatic carbocycles. The maximum Gasteiger partial charge on any atom is 0.257 e. The molecule has 39 heavy (non-hydrogen) atoms. The molecule has 3 aliphatic rings. The minimum atomic E-state index is -0.349. The van der Waals surface area contributed by atoms with Gasteiger partial charge in [-0.15, -0.1) is 0 Å². The number of nitrogens with zero attached hydrogens (tertiary/aromatic N) is 1. The van der Waals surface area contributed by atoms with Gasteiger partial charge >= 0.3 is 0 Å². The number of carbonyl (C=O) groups excluding carboxylic acids is 3. The zero-order valence-corrected chi connectivity index (χ0v) is 22.6. The summed E-state index contributed by atoms with van der Waals surface area (Å²) in [4.78, 5) is 40.6. The van der Waals surface area contributed by atoms with Crippen LogP contribution in [0, 0.1) is 5.92 Å². The second kappa shape index (κ2) is 12.2. The Balaban J connectivity index is 1.21. The molecule has 3 amide bonds. The smallest absolute Gasteiger partial charge is 0.257 e. The van der Waals surface area contributed by atoms with Crippen molar-refractivity contribution in [2.75, 3.05) is 32.2 Å². The Hall–Kier alpha value is -3.43. The normalized spacial score (nSPS) is 24.3. The summed E-state index contributed by atoms with van der Waals surface area (Å²) in [6.45, 7) is 3.40. The lowest BCUT2D eigenvalue weighted by atomic mass is 9.94. The van der Waals surface area contributed by atoms with E-state index >= 15 is 0 Å². The molecule has 0 saturated carbocycles. The molecule has 0 radical (unpaired) electrons. The van der Waals surface area contributed by atoms with Crippen LogP contribution >= 0.6 is 0 Å². The van der Waals surface area contributed by atoms with Crippen molar-refractivity contribution >= 4 is 23.4 Å². The van der Waals surface area contributed by atoms with E-state index in [1.54, 1.807) is 30.1 Å². The first-order valence-electron chi connectivity index (χ1n) is 13.8. The Labute approximate surface area is 229 Å². The number of hydrogen-bond donors (Lipinski definition) is 2. The van der Waals surface area contributed by atoms with Gasteiger partial charge in [0.1, 0.15) is 18.5 Å². The van der Waals surface area contributed by atoms with Crippen LogP contribution in [0.25, 0.3) is 0 Å². The van der Waals surface area contributed by atoms with Gasteiger partial charge in [0.25, 0.3) is 5.91 Å². The number of rotatable bonds is 6. The van der Waals surface area contributed by atoms with Crippen LogP contribution in [0.1, 0.15) is 61.0 Å². The number of ether oxygens (including phenoxy) is 3. The summed E-state index contributed by atoms with van der Waals surface area (Å²) in [5.41, 5.74) is 2.04. The number of amides is 3. The van der Waals surface area contributed by atoms with Crippen LogP contribution in [0.15, 0.2) is 48.5 Å². The van der Waals surface area contributed by atoms with E-state index in [0.29, 0.717) is 55.9 Å². The van der Waals surface area contributed by atoms with Crippen molar-refractivity contribution in [1.82, 2.24) is 10.2 Å². The number of anilines is 1. The number of nitrogens with one attached hydrogen (secondary N) is 2. The fraction of sp³-hybridized carbons (Fsp3) is 0.500. The third-order valence-electron chi connectivity index (χ3n) is 7.96. The van der Waals surface area contributed by atoms with Gasteiger partial charge in [-0.3, -0.25) is 14.4 Å². The molecule has 0 bridgehead atoms. The topological polar surface area (TPSA) is 106 Å². The van der Waals surface area contributed by atoms with E-state index in [1.165, 1.54) is 0 Å². The molecule has 2 saturated heterocycles. The maximum absolute atomic E-state index is 13.5. The molecular formula is C30H37N3O6. The van der Waals surface area contributed by atoms with Crippen LogP contribution in [-0.2, 0) is 19.1 Å². The molecule has 208 valence electrons. The Morgan fingerprint density at radius 3 is 2.59 bits per heavy atom. The molecule has 3 aliphatic heterocycles.